The van der Waals surface area contributed by atoms with Gasteiger partial charge >= 0.3 is 0 Å². The SMILES string of the molecule is CN1C2CCC1CN(c1cccc(C#N)c1)CC2. The van der Waals surface area contributed by atoms with Crippen LogP contribution in [-0.4, -0.2) is 37.1 Å². The van der Waals surface area contributed by atoms with E-state index in [2.05, 4.69) is 29.0 Å². The lowest BCUT2D eigenvalue weighted by Gasteiger charge is -2.27. The molecule has 2 fully saturated rings. The molecule has 0 N–H and O–H groups in total. The normalized spacial score (nSPS) is 27.9. The second kappa shape index (κ2) is 4.62. The molecule has 2 heterocycles. The zero-order valence-corrected chi connectivity index (χ0v) is 10.8. The van der Waals surface area contributed by atoms with Crippen molar-refractivity contribution in [1.82, 2.24) is 4.90 Å². The number of fused-ring (bicyclic) bond motifs is 2. The van der Waals surface area contributed by atoms with Gasteiger partial charge in [0.15, 0.2) is 0 Å². The number of nitrogens with zero attached hydrogens (tertiary/aromatic N) is 3. The fourth-order valence-electron chi connectivity index (χ4n) is 3.32. The first-order valence-electron chi connectivity index (χ1n) is 6.75. The molecular formula is C15H19N3. The van der Waals surface area contributed by atoms with Gasteiger partial charge in [0.25, 0.3) is 0 Å². The molecule has 2 aliphatic heterocycles. The van der Waals surface area contributed by atoms with Crippen molar-refractivity contribution in [2.45, 2.75) is 31.3 Å². The highest BCUT2D eigenvalue weighted by Crippen LogP contribution is 2.30. The number of benzene rings is 1. The fraction of sp³-hybridized carbons (Fsp3) is 0.533. The Morgan fingerprint density at radius 2 is 2.06 bits per heavy atom. The molecular weight excluding hydrogens is 222 g/mol. The van der Waals surface area contributed by atoms with Crippen LogP contribution < -0.4 is 4.90 Å². The van der Waals surface area contributed by atoms with Gasteiger partial charge in [0, 0.05) is 30.9 Å². The minimum atomic E-state index is 0.684. The molecule has 2 aliphatic rings. The summed E-state index contributed by atoms with van der Waals surface area (Å²) < 4.78 is 0. The van der Waals surface area contributed by atoms with Crippen molar-refractivity contribution in [3.05, 3.63) is 29.8 Å². The van der Waals surface area contributed by atoms with E-state index in [-0.39, 0.29) is 0 Å². The zero-order chi connectivity index (χ0) is 12.5. The molecule has 2 bridgehead atoms. The third kappa shape index (κ3) is 1.97. The van der Waals surface area contributed by atoms with Crippen molar-refractivity contribution in [3.8, 4) is 6.07 Å². The van der Waals surface area contributed by atoms with Gasteiger partial charge in [-0.25, -0.2) is 0 Å². The van der Waals surface area contributed by atoms with Gasteiger partial charge in [-0.05, 0) is 44.5 Å². The molecule has 1 aromatic carbocycles. The highest BCUT2D eigenvalue weighted by molar-refractivity contribution is 5.51. The van der Waals surface area contributed by atoms with Gasteiger partial charge in [-0.1, -0.05) is 6.07 Å². The van der Waals surface area contributed by atoms with Crippen LogP contribution in [0, 0.1) is 11.3 Å². The molecule has 1 aromatic rings. The van der Waals surface area contributed by atoms with E-state index in [1.54, 1.807) is 0 Å². The lowest BCUT2D eigenvalue weighted by Crippen LogP contribution is -2.36. The van der Waals surface area contributed by atoms with Gasteiger partial charge in [-0.3, -0.25) is 4.90 Å². The molecule has 0 saturated carbocycles. The Labute approximate surface area is 109 Å². The molecule has 2 unspecified atom stereocenters. The van der Waals surface area contributed by atoms with Crippen molar-refractivity contribution in [1.29, 1.82) is 5.26 Å². The molecule has 0 aromatic heterocycles. The smallest absolute Gasteiger partial charge is 0.0992 e. The van der Waals surface area contributed by atoms with Gasteiger partial charge in [0.1, 0.15) is 0 Å². The third-order valence-electron chi connectivity index (χ3n) is 4.49. The summed E-state index contributed by atoms with van der Waals surface area (Å²) >= 11 is 0. The molecule has 3 nitrogen and oxygen atoms in total. The number of likely N-dealkylation sites (N-methyl/N-ethyl adjacent to an activating group) is 1. The van der Waals surface area contributed by atoms with Gasteiger partial charge in [0.2, 0.25) is 0 Å². The summed E-state index contributed by atoms with van der Waals surface area (Å²) in [6.07, 6.45) is 3.91. The van der Waals surface area contributed by atoms with Crippen molar-refractivity contribution in [2.24, 2.45) is 0 Å². The second-order valence-electron chi connectivity index (χ2n) is 5.45. The standard InChI is InChI=1S/C15H19N3/c1-17-13-5-6-15(17)11-18(8-7-13)14-4-2-3-12(9-14)10-16/h2-4,9,13,15H,5-8,11H2,1H3. The number of nitriles is 1. The van der Waals surface area contributed by atoms with Crippen LogP contribution in [0.15, 0.2) is 24.3 Å². The molecule has 3 heteroatoms. The van der Waals surface area contributed by atoms with Crippen LogP contribution in [0.2, 0.25) is 0 Å². The topological polar surface area (TPSA) is 30.3 Å². The minimum absolute atomic E-state index is 0.684. The molecule has 3 rings (SSSR count). The van der Waals surface area contributed by atoms with E-state index in [1.807, 2.05) is 18.2 Å². The average Bonchev–Trinajstić information content (AvgIpc) is 2.63. The van der Waals surface area contributed by atoms with E-state index in [1.165, 1.54) is 24.9 Å². The predicted octanol–water partition coefficient (Wildman–Crippen LogP) is 2.23. The van der Waals surface area contributed by atoms with Crippen LogP contribution in [0.3, 0.4) is 0 Å². The van der Waals surface area contributed by atoms with Crippen LogP contribution >= 0.6 is 0 Å². The maximum Gasteiger partial charge on any atom is 0.0992 e. The van der Waals surface area contributed by atoms with Gasteiger partial charge in [-0.15, -0.1) is 0 Å². The number of hydrogen-bond acceptors (Lipinski definition) is 3. The second-order valence-corrected chi connectivity index (χ2v) is 5.45. The first-order valence-corrected chi connectivity index (χ1v) is 6.75. The molecule has 2 atom stereocenters. The first-order chi connectivity index (χ1) is 8.78. The van der Waals surface area contributed by atoms with Crippen LogP contribution in [0.5, 0.6) is 0 Å². The van der Waals surface area contributed by atoms with E-state index >= 15 is 0 Å². The minimum Gasteiger partial charge on any atom is -0.370 e. The third-order valence-corrected chi connectivity index (χ3v) is 4.49. The summed E-state index contributed by atoms with van der Waals surface area (Å²) in [6, 6.07) is 11.7. The summed E-state index contributed by atoms with van der Waals surface area (Å²) in [6.45, 7) is 2.21. The monoisotopic (exact) mass is 241 g/mol. The van der Waals surface area contributed by atoms with Crippen molar-refractivity contribution in [3.63, 3.8) is 0 Å². The van der Waals surface area contributed by atoms with E-state index in [9.17, 15) is 0 Å². The highest BCUT2D eigenvalue weighted by atomic mass is 15.3. The summed E-state index contributed by atoms with van der Waals surface area (Å²) in [7, 11) is 2.26. The molecule has 94 valence electrons. The number of rotatable bonds is 1. The van der Waals surface area contributed by atoms with Gasteiger partial charge < -0.3 is 4.90 Å². The molecule has 0 amide bonds. The Morgan fingerprint density at radius 3 is 2.89 bits per heavy atom. The quantitative estimate of drug-likeness (QED) is 0.755. The van der Waals surface area contributed by atoms with Crippen LogP contribution in [-0.2, 0) is 0 Å². The van der Waals surface area contributed by atoms with Gasteiger partial charge in [0.05, 0.1) is 11.6 Å². The summed E-state index contributed by atoms with van der Waals surface area (Å²) in [5, 5.41) is 8.99. The molecule has 0 spiro atoms. The van der Waals surface area contributed by atoms with Crippen molar-refractivity contribution < 1.29 is 0 Å². The number of anilines is 1. The average molecular weight is 241 g/mol. The lowest BCUT2D eigenvalue weighted by molar-refractivity contribution is 0.254. The fourth-order valence-corrected chi connectivity index (χ4v) is 3.32. The molecule has 0 radical (unpaired) electrons. The van der Waals surface area contributed by atoms with Crippen LogP contribution in [0.25, 0.3) is 0 Å². The Kier molecular flexibility index (Phi) is 2.97. The zero-order valence-electron chi connectivity index (χ0n) is 10.8. The number of hydrogen-bond donors (Lipinski definition) is 0. The van der Waals surface area contributed by atoms with E-state index in [0.717, 1.165) is 24.7 Å². The Bertz CT molecular complexity index is 477. The Hall–Kier alpha value is -1.53. The predicted molar refractivity (Wildman–Crippen MR) is 72.6 cm³/mol. The van der Waals surface area contributed by atoms with Crippen LogP contribution in [0.4, 0.5) is 5.69 Å². The summed E-state index contributed by atoms with van der Waals surface area (Å²) in [5.74, 6) is 0. The summed E-state index contributed by atoms with van der Waals surface area (Å²) in [5.41, 5.74) is 1.96. The van der Waals surface area contributed by atoms with Crippen LogP contribution in [0.1, 0.15) is 24.8 Å². The summed E-state index contributed by atoms with van der Waals surface area (Å²) in [4.78, 5) is 5.00. The maximum absolute atomic E-state index is 8.99. The largest absolute Gasteiger partial charge is 0.370 e. The van der Waals surface area contributed by atoms with Crippen molar-refractivity contribution in [2.75, 3.05) is 25.0 Å². The highest BCUT2D eigenvalue weighted by Gasteiger charge is 2.34. The molecule has 2 saturated heterocycles. The maximum atomic E-state index is 8.99. The van der Waals surface area contributed by atoms with E-state index in [4.69, 9.17) is 5.26 Å². The van der Waals surface area contributed by atoms with E-state index in [0.29, 0.717) is 6.04 Å². The molecule has 0 aliphatic carbocycles. The molecule has 18 heavy (non-hydrogen) atoms. The Balaban J connectivity index is 1.83. The first kappa shape index (κ1) is 11.6. The van der Waals surface area contributed by atoms with E-state index < -0.39 is 0 Å². The Morgan fingerprint density at radius 1 is 1.22 bits per heavy atom. The lowest BCUT2D eigenvalue weighted by atomic mass is 10.1. The van der Waals surface area contributed by atoms with Gasteiger partial charge in [-0.2, -0.15) is 5.26 Å². The van der Waals surface area contributed by atoms with Crippen molar-refractivity contribution >= 4 is 5.69 Å².